The molecule has 0 heterocycles. The molecule has 0 aliphatic heterocycles. The van der Waals surface area contributed by atoms with Gasteiger partial charge in [0.25, 0.3) is 0 Å². The molecule has 1 aromatic rings. The molecule has 1 saturated carbocycles. The van der Waals surface area contributed by atoms with Crippen LogP contribution in [0.5, 0.6) is 5.75 Å². The summed E-state index contributed by atoms with van der Waals surface area (Å²) < 4.78 is 11.5. The molecule has 0 spiro atoms. The summed E-state index contributed by atoms with van der Waals surface area (Å²) in [6.45, 7) is 6.06. The molecule has 0 radical (unpaired) electrons. The predicted octanol–water partition coefficient (Wildman–Crippen LogP) is 5.09. The number of allylic oxidation sites excluding steroid dienone is 1. The topological polar surface area (TPSA) is 35.5 Å². The SMILES string of the molecule is C=CC(=O)C1CCC(OCOc2ccc(CCCCC)cc2)CC1. The molecular formula is C21H30O3. The lowest BCUT2D eigenvalue weighted by Gasteiger charge is -2.27. The summed E-state index contributed by atoms with van der Waals surface area (Å²) in [7, 11) is 0. The second-order valence-electron chi connectivity index (χ2n) is 6.61. The van der Waals surface area contributed by atoms with Gasteiger partial charge < -0.3 is 9.47 Å². The first-order chi connectivity index (χ1) is 11.7. The van der Waals surface area contributed by atoms with Crippen LogP contribution in [0.4, 0.5) is 0 Å². The normalized spacial score (nSPS) is 20.5. The van der Waals surface area contributed by atoms with Crippen molar-refractivity contribution >= 4 is 5.78 Å². The third-order valence-electron chi connectivity index (χ3n) is 4.80. The van der Waals surface area contributed by atoms with Gasteiger partial charge in [0, 0.05) is 5.92 Å². The quantitative estimate of drug-likeness (QED) is 0.341. The number of carbonyl (C=O) groups is 1. The van der Waals surface area contributed by atoms with E-state index in [2.05, 4.69) is 25.6 Å². The van der Waals surface area contributed by atoms with Gasteiger partial charge in [-0.1, -0.05) is 38.5 Å². The van der Waals surface area contributed by atoms with E-state index in [1.54, 1.807) is 0 Å². The van der Waals surface area contributed by atoms with Crippen LogP contribution in [0.15, 0.2) is 36.9 Å². The molecule has 24 heavy (non-hydrogen) atoms. The van der Waals surface area contributed by atoms with E-state index < -0.39 is 0 Å². The highest BCUT2D eigenvalue weighted by Crippen LogP contribution is 2.27. The Morgan fingerprint density at radius 3 is 2.50 bits per heavy atom. The summed E-state index contributed by atoms with van der Waals surface area (Å²) in [6.07, 6.45) is 10.2. The molecule has 0 bridgehead atoms. The van der Waals surface area contributed by atoms with Crippen LogP contribution in [0.1, 0.15) is 57.4 Å². The van der Waals surface area contributed by atoms with Crippen LogP contribution >= 0.6 is 0 Å². The van der Waals surface area contributed by atoms with Crippen LogP contribution in [-0.4, -0.2) is 18.7 Å². The van der Waals surface area contributed by atoms with Gasteiger partial charge in [0.05, 0.1) is 6.10 Å². The van der Waals surface area contributed by atoms with Gasteiger partial charge in [0.1, 0.15) is 5.75 Å². The number of aryl methyl sites for hydroxylation is 1. The van der Waals surface area contributed by atoms with E-state index in [-0.39, 0.29) is 24.6 Å². The highest BCUT2D eigenvalue weighted by Gasteiger charge is 2.25. The lowest BCUT2D eigenvalue weighted by atomic mass is 9.84. The highest BCUT2D eigenvalue weighted by molar-refractivity contribution is 5.91. The number of hydrogen-bond donors (Lipinski definition) is 0. The van der Waals surface area contributed by atoms with Crippen LogP contribution in [0.2, 0.25) is 0 Å². The summed E-state index contributed by atoms with van der Waals surface area (Å²) >= 11 is 0. The Morgan fingerprint density at radius 2 is 1.88 bits per heavy atom. The molecule has 1 aromatic carbocycles. The minimum Gasteiger partial charge on any atom is -0.468 e. The largest absolute Gasteiger partial charge is 0.468 e. The van der Waals surface area contributed by atoms with Crippen LogP contribution in [0, 0.1) is 5.92 Å². The van der Waals surface area contributed by atoms with Crippen molar-refractivity contribution in [3.8, 4) is 5.75 Å². The first-order valence-electron chi connectivity index (χ1n) is 9.22. The van der Waals surface area contributed by atoms with Gasteiger partial charge in [0.15, 0.2) is 12.6 Å². The molecule has 1 aliphatic rings. The minimum atomic E-state index is 0.142. The maximum absolute atomic E-state index is 11.6. The second kappa shape index (κ2) is 10.3. The van der Waals surface area contributed by atoms with E-state index in [1.807, 2.05) is 12.1 Å². The summed E-state index contributed by atoms with van der Waals surface area (Å²) in [5.41, 5.74) is 1.36. The van der Waals surface area contributed by atoms with Gasteiger partial charge in [-0.2, -0.15) is 0 Å². The van der Waals surface area contributed by atoms with E-state index >= 15 is 0 Å². The summed E-state index contributed by atoms with van der Waals surface area (Å²) in [6, 6.07) is 8.31. The number of carbonyl (C=O) groups excluding carboxylic acids is 1. The van der Waals surface area contributed by atoms with Crippen molar-refractivity contribution < 1.29 is 14.3 Å². The second-order valence-corrected chi connectivity index (χ2v) is 6.61. The van der Waals surface area contributed by atoms with Gasteiger partial charge in [-0.25, -0.2) is 0 Å². The van der Waals surface area contributed by atoms with Gasteiger partial charge in [-0.15, -0.1) is 0 Å². The molecular weight excluding hydrogens is 300 g/mol. The number of ketones is 1. The Labute approximate surface area is 146 Å². The van der Waals surface area contributed by atoms with Crippen molar-refractivity contribution in [3.05, 3.63) is 42.5 Å². The first kappa shape index (κ1) is 18.7. The zero-order valence-electron chi connectivity index (χ0n) is 14.8. The Hall–Kier alpha value is -1.61. The van der Waals surface area contributed by atoms with Gasteiger partial charge in [0.2, 0.25) is 0 Å². The van der Waals surface area contributed by atoms with E-state index in [1.165, 1.54) is 30.9 Å². The Kier molecular flexibility index (Phi) is 8.03. The molecule has 1 aliphatic carbocycles. The third-order valence-corrected chi connectivity index (χ3v) is 4.80. The maximum atomic E-state index is 11.6. The zero-order valence-corrected chi connectivity index (χ0v) is 14.8. The minimum absolute atomic E-state index is 0.142. The molecule has 2 rings (SSSR count). The van der Waals surface area contributed by atoms with E-state index in [9.17, 15) is 4.79 Å². The van der Waals surface area contributed by atoms with Crippen LogP contribution in [0.25, 0.3) is 0 Å². The molecule has 3 nitrogen and oxygen atoms in total. The maximum Gasteiger partial charge on any atom is 0.189 e. The van der Waals surface area contributed by atoms with Crippen LogP contribution in [-0.2, 0) is 16.0 Å². The van der Waals surface area contributed by atoms with E-state index in [4.69, 9.17) is 9.47 Å². The molecule has 0 unspecified atom stereocenters. The molecule has 0 amide bonds. The number of ether oxygens (including phenoxy) is 2. The van der Waals surface area contributed by atoms with Gasteiger partial charge in [-0.3, -0.25) is 4.79 Å². The molecule has 0 N–H and O–H groups in total. The van der Waals surface area contributed by atoms with Crippen molar-refractivity contribution in [1.29, 1.82) is 0 Å². The fraction of sp³-hybridized carbons (Fsp3) is 0.571. The van der Waals surface area contributed by atoms with E-state index in [0.717, 1.165) is 37.9 Å². The summed E-state index contributed by atoms with van der Waals surface area (Å²) in [5.74, 6) is 1.16. The van der Waals surface area contributed by atoms with Crippen molar-refractivity contribution in [3.63, 3.8) is 0 Å². The lowest BCUT2D eigenvalue weighted by molar-refractivity contribution is -0.120. The van der Waals surface area contributed by atoms with E-state index in [0.29, 0.717) is 0 Å². The Bertz CT molecular complexity index is 498. The highest BCUT2D eigenvalue weighted by atomic mass is 16.7. The number of rotatable bonds is 10. The van der Waals surface area contributed by atoms with Crippen molar-refractivity contribution in [2.24, 2.45) is 5.92 Å². The molecule has 0 saturated heterocycles. The number of unbranched alkanes of at least 4 members (excludes halogenated alkanes) is 2. The molecule has 1 fully saturated rings. The first-order valence-corrected chi connectivity index (χ1v) is 9.22. The monoisotopic (exact) mass is 330 g/mol. The summed E-state index contributed by atoms with van der Waals surface area (Å²) in [4.78, 5) is 11.6. The fourth-order valence-corrected chi connectivity index (χ4v) is 3.21. The van der Waals surface area contributed by atoms with Gasteiger partial charge >= 0.3 is 0 Å². The average molecular weight is 330 g/mol. The lowest BCUT2D eigenvalue weighted by Crippen LogP contribution is -2.26. The van der Waals surface area contributed by atoms with Crippen molar-refractivity contribution in [2.45, 2.75) is 64.4 Å². The zero-order chi connectivity index (χ0) is 17.2. The van der Waals surface area contributed by atoms with Gasteiger partial charge in [-0.05, 0) is 62.3 Å². The Balaban J connectivity index is 1.64. The van der Waals surface area contributed by atoms with Crippen molar-refractivity contribution in [2.75, 3.05) is 6.79 Å². The third kappa shape index (κ3) is 6.12. The Morgan fingerprint density at radius 1 is 1.17 bits per heavy atom. The standard InChI is InChI=1S/C21H30O3/c1-3-5-6-7-17-8-12-19(13-9-17)23-16-24-20-14-10-18(11-15-20)21(22)4-2/h4,8-9,12-13,18,20H,2-3,5-7,10-11,14-16H2,1H3. The van der Waals surface area contributed by atoms with Crippen LogP contribution < -0.4 is 4.74 Å². The molecule has 0 atom stereocenters. The molecule has 132 valence electrons. The number of benzene rings is 1. The van der Waals surface area contributed by atoms with Crippen molar-refractivity contribution in [1.82, 2.24) is 0 Å². The smallest absolute Gasteiger partial charge is 0.189 e. The predicted molar refractivity (Wildman–Crippen MR) is 97.2 cm³/mol. The molecule has 3 heteroatoms. The molecule has 0 aromatic heterocycles. The number of hydrogen-bond acceptors (Lipinski definition) is 3. The average Bonchev–Trinajstić information content (AvgIpc) is 2.63. The summed E-state index contributed by atoms with van der Waals surface area (Å²) in [5, 5.41) is 0. The fourth-order valence-electron chi connectivity index (χ4n) is 3.21. The van der Waals surface area contributed by atoms with Crippen LogP contribution in [0.3, 0.4) is 0 Å².